The summed E-state index contributed by atoms with van der Waals surface area (Å²) in [5.74, 6) is 0.00813. The fourth-order valence-electron chi connectivity index (χ4n) is 1.27. The van der Waals surface area contributed by atoms with E-state index in [0.29, 0.717) is 13.1 Å². The first-order chi connectivity index (χ1) is 8.42. The largest absolute Gasteiger partial charge is 0.376 e. The van der Waals surface area contributed by atoms with Gasteiger partial charge in [-0.3, -0.25) is 4.79 Å². The molecule has 0 spiro atoms. The van der Waals surface area contributed by atoms with Gasteiger partial charge in [-0.25, -0.2) is 0 Å². The van der Waals surface area contributed by atoms with Gasteiger partial charge in [0.25, 0.3) is 0 Å². The van der Waals surface area contributed by atoms with Gasteiger partial charge in [0.2, 0.25) is 5.91 Å². The van der Waals surface area contributed by atoms with Crippen LogP contribution >= 0.6 is 0 Å². The summed E-state index contributed by atoms with van der Waals surface area (Å²) >= 11 is 0. The van der Waals surface area contributed by atoms with Crippen molar-refractivity contribution in [2.75, 3.05) is 32.5 Å². The Morgan fingerprint density at radius 1 is 1.22 bits per heavy atom. The van der Waals surface area contributed by atoms with E-state index in [1.54, 1.807) is 0 Å². The average Bonchev–Trinajstić information content (AvgIpc) is 2.35. The Labute approximate surface area is 109 Å². The minimum Gasteiger partial charge on any atom is -0.376 e. The van der Waals surface area contributed by atoms with Gasteiger partial charge < -0.3 is 15.5 Å². The summed E-state index contributed by atoms with van der Waals surface area (Å²) in [6.45, 7) is 5.12. The molecule has 4 heteroatoms. The molecule has 0 unspecified atom stereocenters. The molecule has 0 saturated carbocycles. The summed E-state index contributed by atoms with van der Waals surface area (Å²) in [7, 11) is 4.02. The highest BCUT2D eigenvalue weighted by molar-refractivity contribution is 5.80. The summed E-state index contributed by atoms with van der Waals surface area (Å²) in [5.41, 5.74) is 0.919. The van der Waals surface area contributed by atoms with Gasteiger partial charge in [-0.05, 0) is 40.1 Å². The Hall–Kier alpha value is -1.55. The number of amides is 1. The second-order valence-corrected chi connectivity index (χ2v) is 5.20. The molecule has 1 rings (SSSR count). The molecule has 0 saturated heterocycles. The predicted molar refractivity (Wildman–Crippen MR) is 75.7 cm³/mol. The van der Waals surface area contributed by atoms with Crippen molar-refractivity contribution in [3.05, 3.63) is 30.3 Å². The molecular weight excluding hydrogens is 226 g/mol. The Morgan fingerprint density at radius 2 is 1.83 bits per heavy atom. The zero-order chi connectivity index (χ0) is 13.6. The monoisotopic (exact) mass is 249 g/mol. The van der Waals surface area contributed by atoms with Gasteiger partial charge >= 0.3 is 0 Å². The molecule has 1 aromatic carbocycles. The molecule has 4 nitrogen and oxygen atoms in total. The van der Waals surface area contributed by atoms with Crippen LogP contribution in [0.1, 0.15) is 13.8 Å². The van der Waals surface area contributed by atoms with Crippen molar-refractivity contribution in [3.8, 4) is 0 Å². The maximum atomic E-state index is 11.7. The number of nitrogens with one attached hydrogen (secondary N) is 2. The van der Waals surface area contributed by atoms with Gasteiger partial charge in [0.15, 0.2) is 0 Å². The van der Waals surface area contributed by atoms with Crippen LogP contribution in [0.3, 0.4) is 0 Å². The standard InChI is InChI=1S/C14H23N3O/c1-14(2,17(3)4)11-16-13(18)10-15-12-8-6-5-7-9-12/h5-9,15H,10-11H2,1-4H3,(H,16,18). The molecule has 1 aromatic rings. The molecule has 0 aliphatic rings. The molecule has 0 atom stereocenters. The lowest BCUT2D eigenvalue weighted by Gasteiger charge is -2.32. The topological polar surface area (TPSA) is 44.4 Å². The van der Waals surface area contributed by atoms with E-state index < -0.39 is 0 Å². The van der Waals surface area contributed by atoms with Gasteiger partial charge in [0.1, 0.15) is 0 Å². The number of hydrogen-bond acceptors (Lipinski definition) is 3. The van der Waals surface area contributed by atoms with Crippen molar-refractivity contribution in [1.29, 1.82) is 0 Å². The molecule has 100 valence electrons. The number of carbonyl (C=O) groups excluding carboxylic acids is 1. The highest BCUT2D eigenvalue weighted by Gasteiger charge is 2.20. The quantitative estimate of drug-likeness (QED) is 0.804. The number of para-hydroxylation sites is 1. The number of carbonyl (C=O) groups is 1. The van der Waals surface area contributed by atoms with Crippen LogP contribution in [0.2, 0.25) is 0 Å². The summed E-state index contributed by atoms with van der Waals surface area (Å²) in [6, 6.07) is 9.71. The van der Waals surface area contributed by atoms with E-state index in [1.807, 2.05) is 44.4 Å². The number of hydrogen-bond donors (Lipinski definition) is 2. The Bertz CT molecular complexity index is 374. The number of nitrogens with zero attached hydrogens (tertiary/aromatic N) is 1. The third-order valence-electron chi connectivity index (χ3n) is 3.16. The van der Waals surface area contributed by atoms with E-state index in [4.69, 9.17) is 0 Å². The molecule has 2 N–H and O–H groups in total. The highest BCUT2D eigenvalue weighted by atomic mass is 16.1. The fourth-order valence-corrected chi connectivity index (χ4v) is 1.27. The summed E-state index contributed by atoms with van der Waals surface area (Å²) in [4.78, 5) is 13.8. The van der Waals surface area contributed by atoms with Crippen LogP contribution in [0, 0.1) is 0 Å². The van der Waals surface area contributed by atoms with Crippen LogP contribution in [0.15, 0.2) is 30.3 Å². The molecule has 0 aliphatic heterocycles. The minimum absolute atomic E-state index is 0.00813. The van der Waals surface area contributed by atoms with Gasteiger partial charge in [-0.2, -0.15) is 0 Å². The minimum atomic E-state index is -0.0393. The van der Waals surface area contributed by atoms with E-state index in [9.17, 15) is 4.79 Å². The molecule has 0 aromatic heterocycles. The summed E-state index contributed by atoms with van der Waals surface area (Å²) < 4.78 is 0. The summed E-state index contributed by atoms with van der Waals surface area (Å²) in [5, 5.41) is 6.02. The second-order valence-electron chi connectivity index (χ2n) is 5.20. The Balaban J connectivity index is 2.31. The normalized spacial score (nSPS) is 11.4. The zero-order valence-corrected chi connectivity index (χ0v) is 11.7. The molecule has 0 heterocycles. The van der Waals surface area contributed by atoms with Crippen molar-refractivity contribution >= 4 is 11.6 Å². The second kappa shape index (κ2) is 6.40. The number of benzene rings is 1. The molecule has 0 radical (unpaired) electrons. The van der Waals surface area contributed by atoms with Crippen LogP contribution < -0.4 is 10.6 Å². The van der Waals surface area contributed by atoms with Crippen molar-refractivity contribution < 1.29 is 4.79 Å². The average molecular weight is 249 g/mol. The SMILES string of the molecule is CN(C)C(C)(C)CNC(=O)CNc1ccccc1. The first kappa shape index (κ1) is 14.5. The zero-order valence-electron chi connectivity index (χ0n) is 11.7. The number of anilines is 1. The molecule has 0 aliphatic carbocycles. The number of likely N-dealkylation sites (N-methyl/N-ethyl adjacent to an activating group) is 1. The van der Waals surface area contributed by atoms with E-state index >= 15 is 0 Å². The first-order valence-corrected chi connectivity index (χ1v) is 6.15. The third kappa shape index (κ3) is 4.75. The lowest BCUT2D eigenvalue weighted by atomic mass is 10.0. The smallest absolute Gasteiger partial charge is 0.239 e. The molecular formula is C14H23N3O. The highest BCUT2D eigenvalue weighted by Crippen LogP contribution is 2.07. The first-order valence-electron chi connectivity index (χ1n) is 6.15. The van der Waals surface area contributed by atoms with Crippen LogP contribution in [0.25, 0.3) is 0 Å². The molecule has 0 fully saturated rings. The van der Waals surface area contributed by atoms with Crippen LogP contribution in [0.4, 0.5) is 5.69 Å². The molecule has 18 heavy (non-hydrogen) atoms. The van der Waals surface area contributed by atoms with Crippen molar-refractivity contribution in [3.63, 3.8) is 0 Å². The van der Waals surface area contributed by atoms with Gasteiger partial charge in [-0.1, -0.05) is 18.2 Å². The van der Waals surface area contributed by atoms with Gasteiger partial charge in [0.05, 0.1) is 6.54 Å². The van der Waals surface area contributed by atoms with Crippen LogP contribution in [-0.4, -0.2) is 43.5 Å². The van der Waals surface area contributed by atoms with Crippen LogP contribution in [0.5, 0.6) is 0 Å². The van der Waals surface area contributed by atoms with E-state index in [-0.39, 0.29) is 11.4 Å². The lowest BCUT2D eigenvalue weighted by Crippen LogP contribution is -2.49. The predicted octanol–water partition coefficient (Wildman–Crippen LogP) is 1.55. The van der Waals surface area contributed by atoms with Gasteiger partial charge in [-0.15, -0.1) is 0 Å². The molecule has 0 bridgehead atoms. The lowest BCUT2D eigenvalue weighted by molar-refractivity contribution is -0.119. The van der Waals surface area contributed by atoms with E-state index in [1.165, 1.54) is 0 Å². The van der Waals surface area contributed by atoms with Gasteiger partial charge in [0, 0.05) is 17.8 Å². The Kier molecular flexibility index (Phi) is 5.16. The van der Waals surface area contributed by atoms with E-state index in [0.717, 1.165) is 5.69 Å². The fraction of sp³-hybridized carbons (Fsp3) is 0.500. The van der Waals surface area contributed by atoms with Crippen LogP contribution in [-0.2, 0) is 4.79 Å². The maximum Gasteiger partial charge on any atom is 0.239 e. The molecule has 1 amide bonds. The summed E-state index contributed by atoms with van der Waals surface area (Å²) in [6.07, 6.45) is 0. The Morgan fingerprint density at radius 3 is 2.39 bits per heavy atom. The van der Waals surface area contributed by atoms with E-state index in [2.05, 4.69) is 29.4 Å². The van der Waals surface area contributed by atoms with Crippen molar-refractivity contribution in [2.45, 2.75) is 19.4 Å². The van der Waals surface area contributed by atoms with Crippen molar-refractivity contribution in [1.82, 2.24) is 10.2 Å². The van der Waals surface area contributed by atoms with Crippen molar-refractivity contribution in [2.24, 2.45) is 0 Å². The third-order valence-corrected chi connectivity index (χ3v) is 3.16. The maximum absolute atomic E-state index is 11.7. The number of rotatable bonds is 6.